The number of nitrogens with one attached hydrogen (secondary N) is 1. The molecule has 1 N–H and O–H groups in total. The normalized spacial score (nSPS) is 18.5. The molecule has 0 radical (unpaired) electrons. The van der Waals surface area contributed by atoms with Gasteiger partial charge in [-0.3, -0.25) is 14.4 Å². The molecule has 0 aliphatic carbocycles. The fraction of sp³-hybridized carbons (Fsp3) is 0.318. The predicted molar refractivity (Wildman–Crippen MR) is 119 cm³/mol. The van der Waals surface area contributed by atoms with Crippen LogP contribution in [0, 0.1) is 5.82 Å². The summed E-state index contributed by atoms with van der Waals surface area (Å²) in [7, 11) is 0. The molecule has 9 heteroatoms. The number of thioether (sulfide) groups is 1. The number of halogens is 2. The number of hydrogen-bond donors (Lipinski definition) is 1. The Bertz CT molecular complexity index is 1030. The molecule has 0 spiro atoms. The summed E-state index contributed by atoms with van der Waals surface area (Å²) >= 11 is 7.00. The summed E-state index contributed by atoms with van der Waals surface area (Å²) in [5.74, 6) is -1.68. The molecule has 1 fully saturated rings. The van der Waals surface area contributed by atoms with Gasteiger partial charge in [0.05, 0.1) is 10.7 Å². The van der Waals surface area contributed by atoms with E-state index in [2.05, 4.69) is 5.32 Å². The minimum atomic E-state index is -0.916. The SMILES string of the molecule is O=C(CN1C(=O)[C@H](C(=O)N2CCCCC2)Sc2ccccc21)Nc1ccc(F)c(Cl)c1. The first-order valence-corrected chi connectivity index (χ1v) is 11.3. The number of rotatable bonds is 4. The highest BCUT2D eigenvalue weighted by Crippen LogP contribution is 2.40. The summed E-state index contributed by atoms with van der Waals surface area (Å²) < 4.78 is 13.4. The standard InChI is InChI=1S/C22H21ClFN3O3S/c23-15-12-14(8-9-16(15)24)25-19(28)13-27-17-6-2-3-7-18(17)31-20(22(27)30)21(29)26-10-4-1-5-11-26/h2-3,6-9,12,20H,1,4-5,10-11,13H2,(H,25,28)/t20-/m0/s1. The third-order valence-corrected chi connectivity index (χ3v) is 6.82. The maximum Gasteiger partial charge on any atom is 0.250 e. The van der Waals surface area contributed by atoms with E-state index in [0.717, 1.165) is 30.2 Å². The summed E-state index contributed by atoms with van der Waals surface area (Å²) in [6, 6.07) is 11.1. The first kappa shape index (κ1) is 21.6. The van der Waals surface area contributed by atoms with Gasteiger partial charge < -0.3 is 15.1 Å². The van der Waals surface area contributed by atoms with Crippen LogP contribution in [-0.2, 0) is 14.4 Å². The van der Waals surface area contributed by atoms with Gasteiger partial charge in [-0.05, 0) is 49.6 Å². The summed E-state index contributed by atoms with van der Waals surface area (Å²) in [6.45, 7) is 1.03. The molecule has 1 atom stereocenters. The zero-order valence-electron chi connectivity index (χ0n) is 16.6. The number of piperidine rings is 1. The molecule has 2 aromatic rings. The number of nitrogens with zero attached hydrogens (tertiary/aromatic N) is 2. The number of para-hydroxylation sites is 1. The summed E-state index contributed by atoms with van der Waals surface area (Å²) in [6.07, 6.45) is 2.94. The van der Waals surface area contributed by atoms with Gasteiger partial charge in [0.1, 0.15) is 12.4 Å². The van der Waals surface area contributed by atoms with E-state index in [1.54, 1.807) is 17.0 Å². The van der Waals surface area contributed by atoms with Gasteiger partial charge in [-0.1, -0.05) is 23.7 Å². The largest absolute Gasteiger partial charge is 0.341 e. The van der Waals surface area contributed by atoms with Crippen LogP contribution >= 0.6 is 23.4 Å². The monoisotopic (exact) mass is 461 g/mol. The Morgan fingerprint density at radius 3 is 2.61 bits per heavy atom. The van der Waals surface area contributed by atoms with Gasteiger partial charge in [-0.2, -0.15) is 0 Å². The minimum absolute atomic E-state index is 0.110. The van der Waals surface area contributed by atoms with Crippen molar-refractivity contribution in [2.24, 2.45) is 0 Å². The maximum absolute atomic E-state index is 13.4. The van der Waals surface area contributed by atoms with Gasteiger partial charge in [0.2, 0.25) is 11.8 Å². The topological polar surface area (TPSA) is 69.7 Å². The second kappa shape index (κ2) is 9.28. The van der Waals surface area contributed by atoms with E-state index in [-0.39, 0.29) is 17.5 Å². The highest BCUT2D eigenvalue weighted by atomic mass is 35.5. The number of amides is 3. The van der Waals surface area contributed by atoms with Crippen molar-refractivity contribution in [2.45, 2.75) is 29.4 Å². The Kier molecular flexibility index (Phi) is 6.48. The van der Waals surface area contributed by atoms with E-state index in [1.807, 2.05) is 12.1 Å². The lowest BCUT2D eigenvalue weighted by atomic mass is 10.1. The Balaban J connectivity index is 1.54. The Hall–Kier alpha value is -2.58. The third-order valence-electron chi connectivity index (χ3n) is 5.29. The van der Waals surface area contributed by atoms with Crippen LogP contribution in [0.15, 0.2) is 47.4 Å². The highest BCUT2D eigenvalue weighted by molar-refractivity contribution is 8.01. The lowest BCUT2D eigenvalue weighted by Crippen LogP contribution is -2.52. The molecule has 0 saturated carbocycles. The fourth-order valence-electron chi connectivity index (χ4n) is 3.73. The smallest absolute Gasteiger partial charge is 0.250 e. The van der Waals surface area contributed by atoms with Crippen LogP contribution in [0.5, 0.6) is 0 Å². The van der Waals surface area contributed by atoms with Crippen LogP contribution in [0.4, 0.5) is 15.8 Å². The van der Waals surface area contributed by atoms with Crippen LogP contribution in [0.1, 0.15) is 19.3 Å². The van der Waals surface area contributed by atoms with E-state index in [9.17, 15) is 18.8 Å². The van der Waals surface area contributed by atoms with Crippen molar-refractivity contribution in [3.05, 3.63) is 53.3 Å². The molecule has 3 amide bonds. The molecule has 0 aromatic heterocycles. The first-order chi connectivity index (χ1) is 14.9. The highest BCUT2D eigenvalue weighted by Gasteiger charge is 2.40. The molecule has 2 aromatic carbocycles. The first-order valence-electron chi connectivity index (χ1n) is 10.0. The number of carbonyl (C=O) groups excluding carboxylic acids is 3. The van der Waals surface area contributed by atoms with Crippen molar-refractivity contribution in [1.29, 1.82) is 0 Å². The van der Waals surface area contributed by atoms with Crippen molar-refractivity contribution < 1.29 is 18.8 Å². The van der Waals surface area contributed by atoms with Gasteiger partial charge in [0.25, 0.3) is 5.91 Å². The van der Waals surface area contributed by atoms with Gasteiger partial charge in [0, 0.05) is 23.7 Å². The lowest BCUT2D eigenvalue weighted by molar-refractivity contribution is -0.135. The number of anilines is 2. The number of carbonyl (C=O) groups is 3. The molecule has 2 heterocycles. The Labute approximate surface area is 188 Å². The second-order valence-electron chi connectivity index (χ2n) is 7.45. The molecule has 0 bridgehead atoms. The van der Waals surface area contributed by atoms with Crippen LogP contribution in [0.25, 0.3) is 0 Å². The molecule has 4 rings (SSSR count). The number of fused-ring (bicyclic) bond motifs is 1. The molecule has 0 unspecified atom stereocenters. The van der Waals surface area contributed by atoms with E-state index >= 15 is 0 Å². The quantitative estimate of drug-likeness (QED) is 0.700. The average Bonchev–Trinajstić information content (AvgIpc) is 2.78. The van der Waals surface area contributed by atoms with Gasteiger partial charge >= 0.3 is 0 Å². The van der Waals surface area contributed by atoms with Gasteiger partial charge in [0.15, 0.2) is 5.25 Å². The maximum atomic E-state index is 13.4. The average molecular weight is 462 g/mol. The number of likely N-dealkylation sites (tertiary alicyclic amines) is 1. The van der Waals surface area contributed by atoms with Crippen molar-refractivity contribution in [3.63, 3.8) is 0 Å². The summed E-state index contributed by atoms with van der Waals surface area (Å²) in [5.41, 5.74) is 0.914. The minimum Gasteiger partial charge on any atom is -0.341 e. The molecule has 1 saturated heterocycles. The van der Waals surface area contributed by atoms with E-state index in [1.165, 1.54) is 28.8 Å². The van der Waals surface area contributed by atoms with E-state index < -0.39 is 22.9 Å². The lowest BCUT2D eigenvalue weighted by Gasteiger charge is -2.36. The Morgan fingerprint density at radius 2 is 1.87 bits per heavy atom. The second-order valence-corrected chi connectivity index (χ2v) is 9.01. The number of hydrogen-bond acceptors (Lipinski definition) is 4. The molecular formula is C22H21ClFN3O3S. The van der Waals surface area contributed by atoms with Gasteiger partial charge in [-0.15, -0.1) is 11.8 Å². The van der Waals surface area contributed by atoms with Crippen LogP contribution < -0.4 is 10.2 Å². The third kappa shape index (κ3) is 4.70. The number of benzene rings is 2. The van der Waals surface area contributed by atoms with Crippen LogP contribution in [0.2, 0.25) is 5.02 Å². The van der Waals surface area contributed by atoms with Crippen LogP contribution in [0.3, 0.4) is 0 Å². The summed E-state index contributed by atoms with van der Waals surface area (Å²) in [4.78, 5) is 42.9. The molecule has 2 aliphatic heterocycles. The molecule has 2 aliphatic rings. The van der Waals surface area contributed by atoms with Gasteiger partial charge in [-0.25, -0.2) is 4.39 Å². The van der Waals surface area contributed by atoms with Crippen LogP contribution in [-0.4, -0.2) is 47.5 Å². The fourth-order valence-corrected chi connectivity index (χ4v) is 5.10. The predicted octanol–water partition coefficient (Wildman–Crippen LogP) is 3.94. The van der Waals surface area contributed by atoms with Crippen molar-refractivity contribution in [1.82, 2.24) is 4.90 Å². The van der Waals surface area contributed by atoms with E-state index in [4.69, 9.17) is 11.6 Å². The van der Waals surface area contributed by atoms with Crippen molar-refractivity contribution in [2.75, 3.05) is 29.9 Å². The van der Waals surface area contributed by atoms with Crippen molar-refractivity contribution >= 4 is 52.5 Å². The zero-order valence-corrected chi connectivity index (χ0v) is 18.2. The summed E-state index contributed by atoms with van der Waals surface area (Å²) in [5, 5.41) is 1.60. The molecule has 162 valence electrons. The van der Waals surface area contributed by atoms with E-state index in [0.29, 0.717) is 24.5 Å². The molecular weight excluding hydrogens is 441 g/mol. The van der Waals surface area contributed by atoms with Crippen molar-refractivity contribution in [3.8, 4) is 0 Å². The zero-order chi connectivity index (χ0) is 22.0. The Morgan fingerprint density at radius 1 is 1.13 bits per heavy atom. The molecule has 31 heavy (non-hydrogen) atoms. The molecule has 6 nitrogen and oxygen atoms in total.